The number of benzene rings is 1. The number of hydrogen-bond acceptors (Lipinski definition) is 3. The van der Waals surface area contributed by atoms with Gasteiger partial charge in [0.15, 0.2) is 6.10 Å². The highest BCUT2D eigenvalue weighted by Crippen LogP contribution is 2.25. The Kier molecular flexibility index (Phi) is 6.25. The lowest BCUT2D eigenvalue weighted by Gasteiger charge is -2.24. The summed E-state index contributed by atoms with van der Waals surface area (Å²) < 4.78 is 18.5. The van der Waals surface area contributed by atoms with E-state index in [4.69, 9.17) is 27.9 Å². The van der Waals surface area contributed by atoms with Crippen LogP contribution in [0.15, 0.2) is 12.1 Å². The average molecular weight is 362 g/mol. The van der Waals surface area contributed by atoms with Crippen LogP contribution in [0.4, 0.5) is 4.39 Å². The van der Waals surface area contributed by atoms with Crippen LogP contribution in [0, 0.1) is 5.82 Å². The molecule has 0 aromatic heterocycles. The molecule has 23 heavy (non-hydrogen) atoms. The highest BCUT2D eigenvalue weighted by Gasteiger charge is 2.24. The van der Waals surface area contributed by atoms with Crippen molar-refractivity contribution in [3.05, 3.63) is 33.6 Å². The molecule has 0 saturated heterocycles. The molecule has 1 atom stereocenters. The third-order valence-electron chi connectivity index (χ3n) is 3.83. The van der Waals surface area contributed by atoms with E-state index in [9.17, 15) is 14.0 Å². The minimum absolute atomic E-state index is 0.0266. The number of hydrogen-bond donors (Lipinski definition) is 1. The number of carbonyl (C=O) groups is 2. The molecule has 1 aromatic rings. The number of rotatable bonds is 4. The lowest BCUT2D eigenvalue weighted by atomic mass is 9.95. The van der Waals surface area contributed by atoms with Gasteiger partial charge >= 0.3 is 5.97 Å². The van der Waals surface area contributed by atoms with Crippen molar-refractivity contribution in [1.29, 1.82) is 0 Å². The topological polar surface area (TPSA) is 55.4 Å². The fourth-order valence-electron chi connectivity index (χ4n) is 2.52. The van der Waals surface area contributed by atoms with Gasteiger partial charge in [-0.05, 0) is 31.9 Å². The zero-order valence-electron chi connectivity index (χ0n) is 12.7. The SMILES string of the molecule is C[C@H](OC(=O)c1cc(F)c(Cl)cc1Cl)C(=O)NC1CCCCC1. The van der Waals surface area contributed by atoms with Crippen LogP contribution in [0.5, 0.6) is 0 Å². The summed E-state index contributed by atoms with van der Waals surface area (Å²) in [6.07, 6.45) is 4.22. The van der Waals surface area contributed by atoms with Crippen LogP contribution in [-0.4, -0.2) is 24.0 Å². The van der Waals surface area contributed by atoms with Crippen molar-refractivity contribution in [2.24, 2.45) is 0 Å². The smallest absolute Gasteiger partial charge is 0.340 e. The van der Waals surface area contributed by atoms with Crippen LogP contribution in [0.3, 0.4) is 0 Å². The van der Waals surface area contributed by atoms with Crippen molar-refractivity contribution in [2.75, 3.05) is 0 Å². The van der Waals surface area contributed by atoms with Gasteiger partial charge in [0.1, 0.15) is 5.82 Å². The quantitative estimate of drug-likeness (QED) is 0.647. The maximum atomic E-state index is 13.4. The summed E-state index contributed by atoms with van der Waals surface area (Å²) in [6.45, 7) is 1.47. The van der Waals surface area contributed by atoms with Gasteiger partial charge in [-0.1, -0.05) is 42.5 Å². The summed E-state index contributed by atoms with van der Waals surface area (Å²) in [4.78, 5) is 24.1. The van der Waals surface area contributed by atoms with E-state index in [1.54, 1.807) is 0 Å². The number of nitrogens with one attached hydrogen (secondary N) is 1. The Balaban J connectivity index is 1.96. The molecule has 0 radical (unpaired) electrons. The van der Waals surface area contributed by atoms with E-state index < -0.39 is 17.9 Å². The molecule has 1 amide bonds. The summed E-state index contributed by atoms with van der Waals surface area (Å²) in [5.74, 6) is -2.00. The van der Waals surface area contributed by atoms with E-state index in [0.717, 1.165) is 37.8 Å². The molecular formula is C16H18Cl2FNO3. The molecule has 0 bridgehead atoms. The van der Waals surface area contributed by atoms with Crippen LogP contribution in [0.1, 0.15) is 49.4 Å². The third kappa shape index (κ3) is 4.82. The molecule has 0 unspecified atom stereocenters. The molecule has 2 rings (SSSR count). The number of amides is 1. The van der Waals surface area contributed by atoms with Gasteiger partial charge in [0, 0.05) is 6.04 Å². The van der Waals surface area contributed by atoms with E-state index in [0.29, 0.717) is 0 Å². The summed E-state index contributed by atoms with van der Waals surface area (Å²) in [5, 5.41) is 2.65. The monoisotopic (exact) mass is 361 g/mol. The minimum Gasteiger partial charge on any atom is -0.449 e. The Labute approximate surface area is 144 Å². The van der Waals surface area contributed by atoms with Gasteiger partial charge in [-0.3, -0.25) is 4.79 Å². The Hall–Kier alpha value is -1.33. The zero-order chi connectivity index (χ0) is 17.0. The summed E-state index contributed by atoms with van der Waals surface area (Å²) >= 11 is 11.4. The van der Waals surface area contributed by atoms with Crippen molar-refractivity contribution in [1.82, 2.24) is 5.32 Å². The zero-order valence-corrected chi connectivity index (χ0v) is 14.2. The van der Waals surface area contributed by atoms with Gasteiger partial charge in [-0.2, -0.15) is 0 Å². The number of carbonyl (C=O) groups excluding carboxylic acids is 2. The van der Waals surface area contributed by atoms with E-state index in [1.807, 2.05) is 0 Å². The first-order valence-electron chi connectivity index (χ1n) is 7.54. The van der Waals surface area contributed by atoms with Crippen molar-refractivity contribution in [2.45, 2.75) is 51.2 Å². The first-order valence-corrected chi connectivity index (χ1v) is 8.30. The summed E-state index contributed by atoms with van der Waals surface area (Å²) in [6, 6.07) is 2.15. The van der Waals surface area contributed by atoms with Gasteiger partial charge in [0.25, 0.3) is 5.91 Å². The molecule has 1 fully saturated rings. The van der Waals surface area contributed by atoms with E-state index >= 15 is 0 Å². The standard InChI is InChI=1S/C16H18Cl2FNO3/c1-9(15(21)20-10-5-3-2-4-6-10)23-16(22)11-7-14(19)13(18)8-12(11)17/h7-10H,2-6H2,1H3,(H,20,21)/t9-/m0/s1. The Morgan fingerprint density at radius 3 is 2.52 bits per heavy atom. The molecule has 1 aromatic carbocycles. The molecule has 0 aliphatic heterocycles. The molecule has 1 aliphatic rings. The molecule has 7 heteroatoms. The highest BCUT2D eigenvalue weighted by atomic mass is 35.5. The molecule has 1 saturated carbocycles. The number of halogens is 3. The van der Waals surface area contributed by atoms with Crippen molar-refractivity contribution in [3.8, 4) is 0 Å². The van der Waals surface area contributed by atoms with Crippen LogP contribution < -0.4 is 5.32 Å². The largest absolute Gasteiger partial charge is 0.449 e. The van der Waals surface area contributed by atoms with Gasteiger partial charge in [0.05, 0.1) is 15.6 Å². The Morgan fingerprint density at radius 1 is 1.22 bits per heavy atom. The van der Waals surface area contributed by atoms with E-state index in [-0.39, 0.29) is 27.6 Å². The average Bonchev–Trinajstić information content (AvgIpc) is 2.51. The fourth-order valence-corrected chi connectivity index (χ4v) is 2.98. The van der Waals surface area contributed by atoms with Gasteiger partial charge < -0.3 is 10.1 Å². The lowest BCUT2D eigenvalue weighted by Crippen LogP contribution is -2.42. The molecule has 0 heterocycles. The maximum absolute atomic E-state index is 13.4. The van der Waals surface area contributed by atoms with Crippen LogP contribution in [-0.2, 0) is 9.53 Å². The first kappa shape index (κ1) is 18.0. The second kappa shape index (κ2) is 7.97. The molecule has 0 spiro atoms. The predicted octanol–water partition coefficient (Wildman–Crippen LogP) is 4.13. The third-order valence-corrected chi connectivity index (χ3v) is 4.44. The normalized spacial score (nSPS) is 16.7. The van der Waals surface area contributed by atoms with Crippen LogP contribution in [0.2, 0.25) is 10.0 Å². The molecule has 4 nitrogen and oxygen atoms in total. The van der Waals surface area contributed by atoms with Gasteiger partial charge in [-0.15, -0.1) is 0 Å². The summed E-state index contributed by atoms with van der Waals surface area (Å²) in [5.41, 5.74) is -0.161. The second-order valence-electron chi connectivity index (χ2n) is 5.64. The van der Waals surface area contributed by atoms with Crippen LogP contribution in [0.25, 0.3) is 0 Å². The number of ether oxygens (including phenoxy) is 1. The van der Waals surface area contributed by atoms with Gasteiger partial charge in [0.2, 0.25) is 0 Å². The minimum atomic E-state index is -0.987. The first-order chi connectivity index (χ1) is 10.9. The van der Waals surface area contributed by atoms with Crippen molar-refractivity contribution in [3.63, 3.8) is 0 Å². The predicted molar refractivity (Wildman–Crippen MR) is 86.3 cm³/mol. The van der Waals surface area contributed by atoms with E-state index in [1.165, 1.54) is 13.3 Å². The molecule has 126 valence electrons. The van der Waals surface area contributed by atoms with Crippen molar-refractivity contribution >= 4 is 35.1 Å². The highest BCUT2D eigenvalue weighted by molar-refractivity contribution is 6.36. The molecule has 1 N–H and O–H groups in total. The Bertz CT molecular complexity index is 603. The lowest BCUT2D eigenvalue weighted by molar-refractivity contribution is -0.130. The summed E-state index contributed by atoms with van der Waals surface area (Å²) in [7, 11) is 0. The maximum Gasteiger partial charge on any atom is 0.340 e. The molecular weight excluding hydrogens is 344 g/mol. The second-order valence-corrected chi connectivity index (χ2v) is 6.45. The fraction of sp³-hybridized carbons (Fsp3) is 0.500. The van der Waals surface area contributed by atoms with Gasteiger partial charge in [-0.25, -0.2) is 9.18 Å². The van der Waals surface area contributed by atoms with Crippen molar-refractivity contribution < 1.29 is 18.7 Å². The van der Waals surface area contributed by atoms with E-state index in [2.05, 4.69) is 5.32 Å². The molecule has 1 aliphatic carbocycles. The van der Waals surface area contributed by atoms with Crippen LogP contribution >= 0.6 is 23.2 Å². The Morgan fingerprint density at radius 2 is 1.87 bits per heavy atom. The number of esters is 1.